The average molecular weight is 331 g/mol. The number of esters is 1. The van der Waals surface area contributed by atoms with E-state index in [1.807, 2.05) is 6.92 Å². The Morgan fingerprint density at radius 3 is 2.38 bits per heavy atom. The molecule has 0 spiro atoms. The molecule has 4 nitrogen and oxygen atoms in total. The zero-order valence-electron chi connectivity index (χ0n) is 12.1. The van der Waals surface area contributed by atoms with Crippen LogP contribution in [0.5, 0.6) is 0 Å². The molecule has 21 heavy (non-hydrogen) atoms. The van der Waals surface area contributed by atoms with Crippen molar-refractivity contribution in [3.63, 3.8) is 0 Å². The Bertz CT molecular complexity index is 617. The van der Waals surface area contributed by atoms with E-state index >= 15 is 0 Å². The minimum absolute atomic E-state index is 0.0961. The number of ether oxygens (including phenoxy) is 1. The van der Waals surface area contributed by atoms with E-state index in [2.05, 4.69) is 4.72 Å². The largest absolute Gasteiger partial charge is 0.465 e. The molecule has 2 N–H and O–H groups in total. The van der Waals surface area contributed by atoms with Gasteiger partial charge in [-0.05, 0) is 38.0 Å². The normalized spacial score (nSPS) is 11.7. The van der Waals surface area contributed by atoms with Gasteiger partial charge in [-0.25, -0.2) is 4.79 Å². The summed E-state index contributed by atoms with van der Waals surface area (Å²) in [6, 6.07) is 3.41. The Kier molecular flexibility index (Phi) is 6.23. The van der Waals surface area contributed by atoms with Crippen LogP contribution in [0.15, 0.2) is 17.7 Å². The van der Waals surface area contributed by atoms with Crippen molar-refractivity contribution in [1.82, 2.24) is 4.72 Å². The zero-order chi connectivity index (χ0) is 16.2. The van der Waals surface area contributed by atoms with Gasteiger partial charge in [-0.3, -0.25) is 5.41 Å². The van der Waals surface area contributed by atoms with Gasteiger partial charge in [-0.1, -0.05) is 17.7 Å². The molecule has 7 heteroatoms. The number of carbonyl (C=O) groups is 1. The molecule has 1 rings (SSSR count). The highest BCUT2D eigenvalue weighted by molar-refractivity contribution is 7.92. The van der Waals surface area contributed by atoms with Gasteiger partial charge in [0.1, 0.15) is 5.17 Å². The molecule has 0 radical (unpaired) electrons. The third-order valence-corrected chi connectivity index (χ3v) is 3.66. The van der Waals surface area contributed by atoms with Gasteiger partial charge in [-0.2, -0.15) is 0 Å². The molecule has 0 heterocycles. The fraction of sp³-hybridized carbons (Fsp3) is 0.286. The van der Waals surface area contributed by atoms with Crippen LogP contribution in [-0.4, -0.2) is 18.2 Å². The molecule has 0 saturated heterocycles. The molecular weight excluding hydrogens is 315 g/mol. The van der Waals surface area contributed by atoms with E-state index in [0.717, 1.165) is 11.1 Å². The van der Waals surface area contributed by atoms with E-state index in [1.165, 1.54) is 7.11 Å². The van der Waals surface area contributed by atoms with Crippen molar-refractivity contribution in [2.75, 3.05) is 7.11 Å². The van der Waals surface area contributed by atoms with E-state index in [4.69, 9.17) is 21.7 Å². The van der Waals surface area contributed by atoms with Crippen LogP contribution in [0.1, 0.15) is 34.0 Å². The SMILES string of the molecule is COC(=O)c1cc(/C(NSF)=C(\C)C(=N)Cl)c(C)cc1C. The van der Waals surface area contributed by atoms with Crippen LogP contribution in [0.3, 0.4) is 0 Å². The minimum Gasteiger partial charge on any atom is -0.465 e. The van der Waals surface area contributed by atoms with Crippen LogP contribution in [-0.2, 0) is 4.74 Å². The lowest BCUT2D eigenvalue weighted by molar-refractivity contribution is 0.0600. The second-order valence-electron chi connectivity index (χ2n) is 4.47. The summed E-state index contributed by atoms with van der Waals surface area (Å²) in [6.45, 7) is 5.23. The van der Waals surface area contributed by atoms with Crippen LogP contribution in [0.4, 0.5) is 3.89 Å². The van der Waals surface area contributed by atoms with Crippen molar-refractivity contribution in [3.8, 4) is 0 Å². The summed E-state index contributed by atoms with van der Waals surface area (Å²) in [5.41, 5.74) is 3.29. The number of benzene rings is 1. The highest BCUT2D eigenvalue weighted by atomic mass is 35.5. The lowest BCUT2D eigenvalue weighted by Gasteiger charge is -2.16. The summed E-state index contributed by atoms with van der Waals surface area (Å²) < 4.78 is 19.9. The molecule has 1 aromatic carbocycles. The van der Waals surface area contributed by atoms with Gasteiger partial charge in [0.05, 0.1) is 18.4 Å². The molecule has 0 aliphatic rings. The predicted octanol–water partition coefficient (Wildman–Crippen LogP) is 4.16. The van der Waals surface area contributed by atoms with Gasteiger partial charge in [0.25, 0.3) is 0 Å². The second-order valence-corrected chi connectivity index (χ2v) is 5.20. The van der Waals surface area contributed by atoms with Crippen molar-refractivity contribution in [1.29, 1.82) is 5.41 Å². The first-order valence-electron chi connectivity index (χ1n) is 6.02. The van der Waals surface area contributed by atoms with E-state index in [-0.39, 0.29) is 17.5 Å². The molecule has 0 aliphatic carbocycles. The Balaban J connectivity index is 3.56. The van der Waals surface area contributed by atoms with Crippen LogP contribution in [0, 0.1) is 19.3 Å². The third kappa shape index (κ3) is 3.98. The standard InChI is InChI=1S/C14H16ClFN2O2S/c1-7-5-8(2)11(14(19)20-4)6-10(7)12(18-21-16)9(3)13(15)17/h5-6,17-18H,1-4H3/b12-9-,17-13?. The molecule has 0 saturated carbocycles. The van der Waals surface area contributed by atoms with Gasteiger partial charge in [0.2, 0.25) is 0 Å². The fourth-order valence-corrected chi connectivity index (χ4v) is 2.37. The van der Waals surface area contributed by atoms with Crippen molar-refractivity contribution < 1.29 is 13.4 Å². The summed E-state index contributed by atoms with van der Waals surface area (Å²) in [6.07, 6.45) is 0. The molecule has 0 fully saturated rings. The smallest absolute Gasteiger partial charge is 0.338 e. The first kappa shape index (κ1) is 17.5. The van der Waals surface area contributed by atoms with Gasteiger partial charge >= 0.3 is 5.97 Å². The highest BCUT2D eigenvalue weighted by Crippen LogP contribution is 2.27. The van der Waals surface area contributed by atoms with Crippen LogP contribution >= 0.6 is 23.9 Å². The van der Waals surface area contributed by atoms with Gasteiger partial charge in [0.15, 0.2) is 12.3 Å². The van der Waals surface area contributed by atoms with Gasteiger partial charge in [-0.15, -0.1) is 3.89 Å². The maximum atomic E-state index is 12.7. The summed E-state index contributed by atoms with van der Waals surface area (Å²) in [5.74, 6) is -0.473. The van der Waals surface area contributed by atoms with E-state index in [0.29, 0.717) is 22.4 Å². The Morgan fingerprint density at radius 1 is 1.33 bits per heavy atom. The predicted molar refractivity (Wildman–Crippen MR) is 85.3 cm³/mol. The number of allylic oxidation sites excluding steroid dienone is 1. The average Bonchev–Trinajstić information content (AvgIpc) is 2.44. The fourth-order valence-electron chi connectivity index (χ4n) is 1.93. The molecule has 1 aromatic rings. The number of hydrogen-bond acceptors (Lipinski definition) is 5. The monoisotopic (exact) mass is 330 g/mol. The molecule has 0 aliphatic heterocycles. The Labute approximate surface area is 132 Å². The van der Waals surface area contributed by atoms with E-state index in [1.54, 1.807) is 26.0 Å². The first-order valence-corrected chi connectivity index (χ1v) is 7.11. The molecule has 0 bridgehead atoms. The highest BCUT2D eigenvalue weighted by Gasteiger charge is 2.17. The summed E-state index contributed by atoms with van der Waals surface area (Å²) >= 11 is 5.59. The Hall–Kier alpha value is -1.53. The number of hydrogen-bond donors (Lipinski definition) is 2. The van der Waals surface area contributed by atoms with Crippen molar-refractivity contribution in [3.05, 3.63) is 40.0 Å². The molecular formula is C14H16ClFN2O2S. The molecule has 0 unspecified atom stereocenters. The molecule has 0 amide bonds. The van der Waals surface area contributed by atoms with E-state index in [9.17, 15) is 8.68 Å². The van der Waals surface area contributed by atoms with Gasteiger partial charge < -0.3 is 9.46 Å². The topological polar surface area (TPSA) is 62.2 Å². The van der Waals surface area contributed by atoms with Crippen LogP contribution in [0.2, 0.25) is 0 Å². The maximum Gasteiger partial charge on any atom is 0.338 e. The second kappa shape index (κ2) is 7.47. The van der Waals surface area contributed by atoms with Crippen molar-refractivity contribution in [2.45, 2.75) is 20.8 Å². The zero-order valence-corrected chi connectivity index (χ0v) is 13.7. The number of nitrogens with one attached hydrogen (secondary N) is 2. The quantitative estimate of drug-likeness (QED) is 0.483. The lowest BCUT2D eigenvalue weighted by Crippen LogP contribution is -2.11. The number of carbonyl (C=O) groups excluding carboxylic acids is 1. The summed E-state index contributed by atoms with van der Waals surface area (Å²) in [5, 5.41) is 7.29. The number of methoxy groups -OCH3 is 1. The summed E-state index contributed by atoms with van der Waals surface area (Å²) in [4.78, 5) is 11.8. The lowest BCUT2D eigenvalue weighted by atomic mass is 9.96. The first-order chi connectivity index (χ1) is 9.83. The number of halogens is 2. The molecule has 114 valence electrons. The van der Waals surface area contributed by atoms with Crippen molar-refractivity contribution in [2.24, 2.45) is 0 Å². The molecule has 0 atom stereocenters. The van der Waals surface area contributed by atoms with E-state index < -0.39 is 5.97 Å². The minimum atomic E-state index is -0.473. The van der Waals surface area contributed by atoms with Crippen molar-refractivity contribution >= 4 is 40.8 Å². The Morgan fingerprint density at radius 2 is 1.90 bits per heavy atom. The number of aryl methyl sites for hydroxylation is 2. The number of rotatable bonds is 5. The van der Waals surface area contributed by atoms with Crippen LogP contribution < -0.4 is 4.72 Å². The summed E-state index contributed by atoms with van der Waals surface area (Å²) in [7, 11) is 1.30. The maximum absolute atomic E-state index is 12.7. The third-order valence-electron chi connectivity index (χ3n) is 3.09. The van der Waals surface area contributed by atoms with Gasteiger partial charge in [0, 0.05) is 11.1 Å². The van der Waals surface area contributed by atoms with Crippen LogP contribution in [0.25, 0.3) is 5.70 Å². The molecule has 0 aromatic heterocycles.